The normalized spacial score (nSPS) is 7.50. The van der Waals surface area contributed by atoms with E-state index in [4.69, 9.17) is 0 Å². The number of carbonyl (C=O) groups is 1. The molecule has 0 radical (unpaired) electrons. The number of hydrogen-bond acceptors (Lipinski definition) is 2. The molecule has 0 saturated carbocycles. The van der Waals surface area contributed by atoms with Crippen molar-refractivity contribution in [3.63, 3.8) is 0 Å². The fraction of sp³-hybridized carbons (Fsp3) is 0.500. The molecule has 0 N–H and O–H groups in total. The summed E-state index contributed by atoms with van der Waals surface area (Å²) in [6.07, 6.45) is 2.85. The van der Waals surface area contributed by atoms with Crippen LogP contribution in [0.1, 0.15) is 40.3 Å². The van der Waals surface area contributed by atoms with Crippen molar-refractivity contribution in [3.8, 4) is 0 Å². The van der Waals surface area contributed by atoms with E-state index in [0.717, 1.165) is 12.1 Å². The van der Waals surface area contributed by atoms with Crippen LogP contribution in [-0.4, -0.2) is 10.8 Å². The highest BCUT2D eigenvalue weighted by atomic mass is 16.1. The van der Waals surface area contributed by atoms with E-state index < -0.39 is 0 Å². The molecule has 1 rings (SSSR count). The van der Waals surface area contributed by atoms with Crippen LogP contribution in [0.3, 0.4) is 0 Å². The Labute approximate surface area is 87.4 Å². The number of ketones is 1. The molecule has 0 spiro atoms. The van der Waals surface area contributed by atoms with Crippen molar-refractivity contribution >= 4 is 5.78 Å². The van der Waals surface area contributed by atoms with E-state index in [0.29, 0.717) is 0 Å². The number of carbonyl (C=O) groups excluding carboxylic acids is 1. The molecule has 1 aromatic heterocycles. The second-order valence-electron chi connectivity index (χ2n) is 2.58. The average Bonchev–Trinajstić information content (AvgIpc) is 2.21. The highest BCUT2D eigenvalue weighted by Crippen LogP contribution is 1.91. The Bertz CT molecular complexity index is 215. The average molecular weight is 195 g/mol. The van der Waals surface area contributed by atoms with Gasteiger partial charge in [-0.2, -0.15) is 0 Å². The van der Waals surface area contributed by atoms with Crippen molar-refractivity contribution in [2.45, 2.75) is 41.0 Å². The van der Waals surface area contributed by atoms with E-state index in [2.05, 4.69) is 11.9 Å². The standard InChI is InChI=1S/C7H9N.C3H6O.C2H6/c1-2-7-5-3-4-6-8-7;1-3(2)4;1-2/h3-6H,2H2,1H3;1-2H3;1-2H3. The van der Waals surface area contributed by atoms with Crippen LogP contribution in [0.2, 0.25) is 0 Å². The van der Waals surface area contributed by atoms with Crippen LogP contribution in [0.4, 0.5) is 0 Å². The summed E-state index contributed by atoms with van der Waals surface area (Å²) >= 11 is 0. The van der Waals surface area contributed by atoms with Gasteiger partial charge in [-0.1, -0.05) is 26.8 Å². The van der Waals surface area contributed by atoms with E-state index in [1.165, 1.54) is 13.8 Å². The molecule has 0 bridgehead atoms. The molecular formula is C12H21NO. The number of aryl methyl sites for hydroxylation is 1. The predicted molar refractivity (Wildman–Crippen MR) is 61.3 cm³/mol. The van der Waals surface area contributed by atoms with Gasteiger partial charge in [0, 0.05) is 11.9 Å². The van der Waals surface area contributed by atoms with Crippen LogP contribution in [-0.2, 0) is 11.2 Å². The lowest BCUT2D eigenvalue weighted by molar-refractivity contribution is -0.114. The number of hydrogen-bond donors (Lipinski definition) is 0. The monoisotopic (exact) mass is 195 g/mol. The smallest absolute Gasteiger partial charge is 0.126 e. The molecule has 0 aliphatic carbocycles. The number of rotatable bonds is 1. The fourth-order valence-corrected chi connectivity index (χ4v) is 0.607. The molecule has 0 aliphatic heterocycles. The minimum Gasteiger partial charge on any atom is -0.300 e. The highest BCUT2D eigenvalue weighted by Gasteiger charge is 1.81. The van der Waals surface area contributed by atoms with Crippen LogP contribution < -0.4 is 0 Å². The van der Waals surface area contributed by atoms with Gasteiger partial charge in [0.2, 0.25) is 0 Å². The predicted octanol–water partition coefficient (Wildman–Crippen LogP) is 3.27. The zero-order valence-corrected chi connectivity index (χ0v) is 9.87. The van der Waals surface area contributed by atoms with E-state index in [9.17, 15) is 4.79 Å². The molecule has 1 aromatic rings. The largest absolute Gasteiger partial charge is 0.300 e. The summed E-state index contributed by atoms with van der Waals surface area (Å²) in [5, 5.41) is 0. The van der Waals surface area contributed by atoms with Crippen molar-refractivity contribution < 1.29 is 4.79 Å². The van der Waals surface area contributed by atoms with Gasteiger partial charge < -0.3 is 4.79 Å². The summed E-state index contributed by atoms with van der Waals surface area (Å²) in [5.74, 6) is 0.167. The van der Waals surface area contributed by atoms with E-state index >= 15 is 0 Å². The third-order valence-electron chi connectivity index (χ3n) is 1.09. The Morgan fingerprint density at radius 3 is 2.00 bits per heavy atom. The quantitative estimate of drug-likeness (QED) is 0.688. The Kier molecular flexibility index (Phi) is 12.9. The summed E-state index contributed by atoms with van der Waals surface area (Å²) < 4.78 is 0. The van der Waals surface area contributed by atoms with Gasteiger partial charge in [-0.25, -0.2) is 0 Å². The first-order valence-electron chi connectivity index (χ1n) is 5.04. The molecular weight excluding hydrogens is 174 g/mol. The van der Waals surface area contributed by atoms with Gasteiger partial charge in [-0.05, 0) is 32.4 Å². The lowest BCUT2D eigenvalue weighted by atomic mass is 10.3. The van der Waals surface area contributed by atoms with Crippen LogP contribution in [0, 0.1) is 0 Å². The number of aromatic nitrogens is 1. The first kappa shape index (κ1) is 15.3. The molecule has 0 saturated heterocycles. The maximum Gasteiger partial charge on any atom is 0.126 e. The molecule has 80 valence electrons. The van der Waals surface area contributed by atoms with Gasteiger partial charge in [0.15, 0.2) is 0 Å². The maximum absolute atomic E-state index is 9.44. The van der Waals surface area contributed by atoms with Gasteiger partial charge >= 0.3 is 0 Å². The van der Waals surface area contributed by atoms with E-state index in [-0.39, 0.29) is 5.78 Å². The van der Waals surface area contributed by atoms with Crippen LogP contribution in [0.25, 0.3) is 0 Å². The number of pyridine rings is 1. The van der Waals surface area contributed by atoms with Crippen LogP contribution in [0.5, 0.6) is 0 Å². The van der Waals surface area contributed by atoms with Crippen molar-refractivity contribution in [1.29, 1.82) is 0 Å². The first-order valence-corrected chi connectivity index (χ1v) is 5.04. The first-order chi connectivity index (χ1) is 6.66. The van der Waals surface area contributed by atoms with Gasteiger partial charge in [0.05, 0.1) is 0 Å². The molecule has 2 nitrogen and oxygen atoms in total. The summed E-state index contributed by atoms with van der Waals surface area (Å²) in [5.41, 5.74) is 1.16. The lowest BCUT2D eigenvalue weighted by Gasteiger charge is -1.88. The molecule has 0 aromatic carbocycles. The Hall–Kier alpha value is -1.18. The van der Waals surface area contributed by atoms with Crippen LogP contribution in [0.15, 0.2) is 24.4 Å². The molecule has 0 atom stereocenters. The van der Waals surface area contributed by atoms with Crippen molar-refractivity contribution in [3.05, 3.63) is 30.1 Å². The number of nitrogens with zero attached hydrogens (tertiary/aromatic N) is 1. The Balaban J connectivity index is 0. The zero-order valence-electron chi connectivity index (χ0n) is 9.87. The van der Waals surface area contributed by atoms with Crippen molar-refractivity contribution in [2.24, 2.45) is 0 Å². The van der Waals surface area contributed by atoms with E-state index in [1.54, 1.807) is 0 Å². The van der Waals surface area contributed by atoms with Crippen molar-refractivity contribution in [1.82, 2.24) is 4.98 Å². The molecule has 2 heteroatoms. The molecule has 0 fully saturated rings. The second kappa shape index (κ2) is 11.8. The third kappa shape index (κ3) is 13.4. The molecule has 14 heavy (non-hydrogen) atoms. The lowest BCUT2D eigenvalue weighted by Crippen LogP contribution is -1.81. The summed E-state index contributed by atoms with van der Waals surface area (Å²) in [7, 11) is 0. The summed E-state index contributed by atoms with van der Waals surface area (Å²) in [6.45, 7) is 9.16. The Morgan fingerprint density at radius 1 is 1.29 bits per heavy atom. The number of Topliss-reactive ketones (excluding diaryl/α,β-unsaturated/α-hetero) is 1. The van der Waals surface area contributed by atoms with Crippen molar-refractivity contribution in [2.75, 3.05) is 0 Å². The van der Waals surface area contributed by atoms with Gasteiger partial charge in [0.1, 0.15) is 5.78 Å². The summed E-state index contributed by atoms with van der Waals surface area (Å²) in [4.78, 5) is 13.5. The summed E-state index contributed by atoms with van der Waals surface area (Å²) in [6, 6.07) is 5.96. The highest BCUT2D eigenvalue weighted by molar-refractivity contribution is 5.72. The SMILES string of the molecule is CC.CC(C)=O.CCc1ccccn1. The molecule has 0 amide bonds. The second-order valence-corrected chi connectivity index (χ2v) is 2.58. The van der Waals surface area contributed by atoms with Crippen LogP contribution >= 0.6 is 0 Å². The third-order valence-corrected chi connectivity index (χ3v) is 1.09. The topological polar surface area (TPSA) is 30.0 Å². The maximum atomic E-state index is 9.44. The molecule has 0 aliphatic rings. The van der Waals surface area contributed by atoms with Gasteiger partial charge in [-0.15, -0.1) is 0 Å². The molecule has 1 heterocycles. The zero-order chi connectivity index (χ0) is 11.4. The Morgan fingerprint density at radius 2 is 1.79 bits per heavy atom. The minimum atomic E-state index is 0.167. The fourth-order valence-electron chi connectivity index (χ4n) is 0.607. The van der Waals surface area contributed by atoms with Gasteiger partial charge in [0.25, 0.3) is 0 Å². The molecule has 0 unspecified atom stereocenters. The van der Waals surface area contributed by atoms with E-state index in [1.807, 2.05) is 38.2 Å². The van der Waals surface area contributed by atoms with Gasteiger partial charge in [-0.3, -0.25) is 4.98 Å². The minimum absolute atomic E-state index is 0.167.